The molecule has 2 rings (SSSR count). The molecule has 1 saturated heterocycles. The molecule has 0 bridgehead atoms. The third-order valence-corrected chi connectivity index (χ3v) is 5.01. The highest BCUT2D eigenvalue weighted by Crippen LogP contribution is 2.33. The van der Waals surface area contributed by atoms with Gasteiger partial charge in [0, 0.05) is 19.0 Å². The van der Waals surface area contributed by atoms with E-state index in [0.29, 0.717) is 13.1 Å². The van der Waals surface area contributed by atoms with Crippen molar-refractivity contribution in [2.45, 2.75) is 46.0 Å². The maximum Gasteiger partial charge on any atom is 0.308 e. The van der Waals surface area contributed by atoms with E-state index < -0.39 is 5.97 Å². The summed E-state index contributed by atoms with van der Waals surface area (Å²) in [6, 6.07) is 0. The number of rotatable bonds is 3. The number of hydrogen-bond donors (Lipinski definition) is 1. The fourth-order valence-electron chi connectivity index (χ4n) is 3.54. The summed E-state index contributed by atoms with van der Waals surface area (Å²) in [6.07, 6.45) is 5.49. The van der Waals surface area contributed by atoms with E-state index in [-0.39, 0.29) is 23.7 Å². The summed E-state index contributed by atoms with van der Waals surface area (Å²) < 4.78 is 0. The van der Waals surface area contributed by atoms with E-state index in [1.54, 1.807) is 4.90 Å². The van der Waals surface area contributed by atoms with Crippen LogP contribution in [0.4, 0.5) is 0 Å². The van der Waals surface area contributed by atoms with E-state index in [4.69, 9.17) is 5.11 Å². The second kappa shape index (κ2) is 5.93. The number of aliphatic carboxylic acids is 1. The highest BCUT2D eigenvalue weighted by atomic mass is 16.4. The Morgan fingerprint density at radius 1 is 1.16 bits per heavy atom. The number of carbonyl (C=O) groups excluding carboxylic acids is 1. The van der Waals surface area contributed by atoms with Crippen LogP contribution in [0.15, 0.2) is 0 Å². The Kier molecular flexibility index (Phi) is 4.48. The molecule has 1 aliphatic carbocycles. The molecule has 1 saturated carbocycles. The monoisotopic (exact) mass is 267 g/mol. The van der Waals surface area contributed by atoms with Gasteiger partial charge >= 0.3 is 5.97 Å². The maximum atomic E-state index is 12.4. The van der Waals surface area contributed by atoms with Gasteiger partial charge in [-0.2, -0.15) is 0 Å². The molecule has 2 aliphatic rings. The summed E-state index contributed by atoms with van der Waals surface area (Å²) >= 11 is 0. The first-order valence-corrected chi connectivity index (χ1v) is 7.54. The van der Waals surface area contributed by atoms with Gasteiger partial charge in [-0.1, -0.05) is 20.3 Å². The van der Waals surface area contributed by atoms with Crippen LogP contribution in [-0.2, 0) is 9.59 Å². The number of carboxylic acids is 1. The fraction of sp³-hybridized carbons (Fsp3) is 0.867. The average molecular weight is 267 g/mol. The molecule has 0 aromatic carbocycles. The number of amides is 1. The highest BCUT2D eigenvalue weighted by molar-refractivity contribution is 5.81. The molecular weight excluding hydrogens is 242 g/mol. The molecular formula is C15H25NO3. The largest absolute Gasteiger partial charge is 0.481 e. The molecule has 108 valence electrons. The molecule has 1 aliphatic heterocycles. The topological polar surface area (TPSA) is 57.6 Å². The highest BCUT2D eigenvalue weighted by Gasteiger charge is 2.39. The summed E-state index contributed by atoms with van der Waals surface area (Å²) in [5.74, 6) is 0.0582. The second-order valence-corrected chi connectivity index (χ2v) is 6.29. The third kappa shape index (κ3) is 3.10. The third-order valence-electron chi connectivity index (χ3n) is 5.01. The summed E-state index contributed by atoms with van der Waals surface area (Å²) in [5.41, 5.74) is 0. The lowest BCUT2D eigenvalue weighted by atomic mass is 9.80. The van der Waals surface area contributed by atoms with Gasteiger partial charge in [0.15, 0.2) is 0 Å². The summed E-state index contributed by atoms with van der Waals surface area (Å²) in [7, 11) is 0. The first-order chi connectivity index (χ1) is 9.02. The molecule has 0 aromatic rings. The van der Waals surface area contributed by atoms with Gasteiger partial charge in [0.2, 0.25) is 5.91 Å². The normalized spacial score (nSPS) is 35.4. The molecule has 4 heteroatoms. The van der Waals surface area contributed by atoms with Crippen LogP contribution in [0.25, 0.3) is 0 Å². The van der Waals surface area contributed by atoms with Crippen molar-refractivity contribution in [1.29, 1.82) is 0 Å². The first-order valence-electron chi connectivity index (χ1n) is 7.54. The Hall–Kier alpha value is -1.06. The van der Waals surface area contributed by atoms with Gasteiger partial charge in [-0.3, -0.25) is 9.59 Å². The minimum atomic E-state index is -0.766. The molecule has 0 spiro atoms. The minimum absolute atomic E-state index is 0.0773. The predicted molar refractivity (Wildman–Crippen MR) is 72.6 cm³/mol. The van der Waals surface area contributed by atoms with Crippen LogP contribution in [-0.4, -0.2) is 35.0 Å². The van der Waals surface area contributed by atoms with Gasteiger partial charge in [-0.15, -0.1) is 0 Å². The van der Waals surface area contributed by atoms with Crippen molar-refractivity contribution in [1.82, 2.24) is 4.90 Å². The molecule has 19 heavy (non-hydrogen) atoms. The van der Waals surface area contributed by atoms with Gasteiger partial charge in [0.1, 0.15) is 0 Å². The molecule has 0 aromatic heterocycles. The first kappa shape index (κ1) is 14.4. The standard InChI is InChI=1S/C15H25NO3/c1-3-11-4-6-12(7-5-11)14(17)16-8-10(2)13(9-16)15(18)19/h10-13H,3-9H2,1-2H3,(H,18,19)/t10-,11?,12?,13-/m1/s1. The van der Waals surface area contributed by atoms with E-state index in [1.807, 2.05) is 6.92 Å². The van der Waals surface area contributed by atoms with E-state index in [2.05, 4.69) is 6.92 Å². The Morgan fingerprint density at radius 3 is 2.26 bits per heavy atom. The van der Waals surface area contributed by atoms with E-state index in [1.165, 1.54) is 6.42 Å². The molecule has 0 radical (unpaired) electrons. The molecule has 1 N–H and O–H groups in total. The Morgan fingerprint density at radius 2 is 1.79 bits per heavy atom. The van der Waals surface area contributed by atoms with Crippen molar-refractivity contribution in [3.05, 3.63) is 0 Å². The number of carbonyl (C=O) groups is 2. The van der Waals surface area contributed by atoms with Crippen molar-refractivity contribution in [2.24, 2.45) is 23.7 Å². The molecule has 1 amide bonds. The van der Waals surface area contributed by atoms with Crippen molar-refractivity contribution >= 4 is 11.9 Å². The molecule has 0 unspecified atom stereocenters. The lowest BCUT2D eigenvalue weighted by Crippen LogP contribution is -2.36. The van der Waals surface area contributed by atoms with Gasteiger partial charge < -0.3 is 10.0 Å². The molecule has 2 atom stereocenters. The number of hydrogen-bond acceptors (Lipinski definition) is 2. The zero-order valence-corrected chi connectivity index (χ0v) is 12.0. The molecule has 1 heterocycles. The zero-order chi connectivity index (χ0) is 14.0. The van der Waals surface area contributed by atoms with Crippen molar-refractivity contribution in [2.75, 3.05) is 13.1 Å². The average Bonchev–Trinajstić information content (AvgIpc) is 2.80. The van der Waals surface area contributed by atoms with Crippen molar-refractivity contribution < 1.29 is 14.7 Å². The van der Waals surface area contributed by atoms with E-state index in [0.717, 1.165) is 31.6 Å². The van der Waals surface area contributed by atoms with Crippen LogP contribution in [0, 0.1) is 23.7 Å². The minimum Gasteiger partial charge on any atom is -0.481 e. The Labute approximate surface area is 115 Å². The van der Waals surface area contributed by atoms with Crippen LogP contribution in [0.2, 0.25) is 0 Å². The number of likely N-dealkylation sites (tertiary alicyclic amines) is 1. The lowest BCUT2D eigenvalue weighted by Gasteiger charge is -2.30. The second-order valence-electron chi connectivity index (χ2n) is 6.29. The predicted octanol–water partition coefficient (Wildman–Crippen LogP) is 2.38. The van der Waals surface area contributed by atoms with Crippen LogP contribution >= 0.6 is 0 Å². The maximum absolute atomic E-state index is 12.4. The summed E-state index contributed by atoms with van der Waals surface area (Å²) in [5, 5.41) is 9.12. The number of nitrogens with zero attached hydrogens (tertiary/aromatic N) is 1. The summed E-state index contributed by atoms with van der Waals surface area (Å²) in [4.78, 5) is 25.3. The SMILES string of the molecule is CCC1CCC(C(=O)N2C[C@@H](C)[C@H](C(=O)O)C2)CC1. The van der Waals surface area contributed by atoms with Crippen LogP contribution in [0.1, 0.15) is 46.0 Å². The van der Waals surface area contributed by atoms with E-state index >= 15 is 0 Å². The van der Waals surface area contributed by atoms with Crippen LogP contribution in [0.5, 0.6) is 0 Å². The van der Waals surface area contributed by atoms with Crippen molar-refractivity contribution in [3.8, 4) is 0 Å². The van der Waals surface area contributed by atoms with Gasteiger partial charge in [0.25, 0.3) is 0 Å². The van der Waals surface area contributed by atoms with Gasteiger partial charge in [-0.25, -0.2) is 0 Å². The number of carboxylic acid groups (broad SMARTS) is 1. The van der Waals surface area contributed by atoms with Crippen molar-refractivity contribution in [3.63, 3.8) is 0 Å². The van der Waals surface area contributed by atoms with Crippen LogP contribution < -0.4 is 0 Å². The zero-order valence-electron chi connectivity index (χ0n) is 12.0. The van der Waals surface area contributed by atoms with Crippen LogP contribution in [0.3, 0.4) is 0 Å². The fourth-order valence-corrected chi connectivity index (χ4v) is 3.54. The summed E-state index contributed by atoms with van der Waals surface area (Å²) in [6.45, 7) is 5.17. The van der Waals surface area contributed by atoms with E-state index in [9.17, 15) is 9.59 Å². The smallest absolute Gasteiger partial charge is 0.308 e. The molecule has 4 nitrogen and oxygen atoms in total. The Bertz CT molecular complexity index is 347. The van der Waals surface area contributed by atoms with Gasteiger partial charge in [-0.05, 0) is 37.5 Å². The van der Waals surface area contributed by atoms with Gasteiger partial charge in [0.05, 0.1) is 5.92 Å². The lowest BCUT2D eigenvalue weighted by molar-refractivity contribution is -0.142. The molecule has 2 fully saturated rings. The Balaban J connectivity index is 1.89. The quantitative estimate of drug-likeness (QED) is 0.854.